The van der Waals surface area contributed by atoms with Gasteiger partial charge in [-0.05, 0) is 35.4 Å². The number of hydrogen-bond acceptors (Lipinski definition) is 2. The van der Waals surface area contributed by atoms with Crippen molar-refractivity contribution in [3.8, 4) is 5.75 Å². The molecule has 0 fully saturated rings. The highest BCUT2D eigenvalue weighted by molar-refractivity contribution is 9.10. The van der Waals surface area contributed by atoms with Gasteiger partial charge in [-0.25, -0.2) is 0 Å². The second-order valence-corrected chi connectivity index (χ2v) is 4.54. The molecular formula is C13H12BrNO. The zero-order valence-corrected chi connectivity index (χ0v) is 10.2. The maximum absolute atomic E-state index is 9.20. The summed E-state index contributed by atoms with van der Waals surface area (Å²) in [5.74, 6) is 0.255. The Kier molecular flexibility index (Phi) is 3.27. The van der Waals surface area contributed by atoms with E-state index < -0.39 is 0 Å². The molecule has 0 saturated heterocycles. The van der Waals surface area contributed by atoms with Crippen LogP contribution in [-0.2, 0) is 0 Å². The normalized spacial score (nSPS) is 12.4. The van der Waals surface area contributed by atoms with Gasteiger partial charge in [0.05, 0.1) is 6.04 Å². The Bertz CT molecular complexity index is 482. The molecule has 2 aromatic carbocycles. The van der Waals surface area contributed by atoms with E-state index in [4.69, 9.17) is 5.73 Å². The molecule has 0 aliphatic carbocycles. The van der Waals surface area contributed by atoms with Gasteiger partial charge in [0.15, 0.2) is 0 Å². The van der Waals surface area contributed by atoms with Crippen molar-refractivity contribution < 1.29 is 5.11 Å². The topological polar surface area (TPSA) is 46.2 Å². The lowest BCUT2D eigenvalue weighted by molar-refractivity contribution is 0.475. The molecule has 0 aliphatic heterocycles. The molecule has 3 heteroatoms. The summed E-state index contributed by atoms with van der Waals surface area (Å²) in [5, 5.41) is 9.20. The molecule has 0 saturated carbocycles. The van der Waals surface area contributed by atoms with Crippen molar-refractivity contribution in [2.45, 2.75) is 6.04 Å². The van der Waals surface area contributed by atoms with E-state index in [1.807, 2.05) is 36.4 Å². The molecule has 0 aliphatic rings. The fourth-order valence-electron chi connectivity index (χ4n) is 1.57. The number of hydrogen-bond donors (Lipinski definition) is 2. The van der Waals surface area contributed by atoms with E-state index in [9.17, 15) is 5.11 Å². The Morgan fingerprint density at radius 1 is 1.00 bits per heavy atom. The first kappa shape index (κ1) is 11.2. The minimum Gasteiger partial charge on any atom is -0.508 e. The fourth-order valence-corrected chi connectivity index (χ4v) is 1.99. The number of halogens is 1. The number of phenolic OH excluding ortho intramolecular Hbond substituents is 1. The molecule has 2 rings (SSSR count). The summed E-state index contributed by atoms with van der Waals surface area (Å²) in [4.78, 5) is 0. The van der Waals surface area contributed by atoms with E-state index in [2.05, 4.69) is 15.9 Å². The van der Waals surface area contributed by atoms with Crippen LogP contribution in [0.15, 0.2) is 53.0 Å². The van der Waals surface area contributed by atoms with Gasteiger partial charge in [-0.2, -0.15) is 0 Å². The van der Waals surface area contributed by atoms with Gasteiger partial charge in [-0.3, -0.25) is 0 Å². The van der Waals surface area contributed by atoms with Gasteiger partial charge in [-0.15, -0.1) is 0 Å². The summed E-state index contributed by atoms with van der Waals surface area (Å²) in [6, 6.07) is 14.7. The Labute approximate surface area is 103 Å². The summed E-state index contributed by atoms with van der Waals surface area (Å²) in [6.07, 6.45) is 0. The Morgan fingerprint density at radius 2 is 1.69 bits per heavy atom. The monoisotopic (exact) mass is 277 g/mol. The van der Waals surface area contributed by atoms with Crippen LogP contribution in [0.4, 0.5) is 0 Å². The number of aromatic hydroxyl groups is 1. The molecule has 0 radical (unpaired) electrons. The van der Waals surface area contributed by atoms with Crippen LogP contribution in [0.25, 0.3) is 0 Å². The highest BCUT2D eigenvalue weighted by Crippen LogP contribution is 2.23. The average Bonchev–Trinajstić information content (AvgIpc) is 2.29. The van der Waals surface area contributed by atoms with E-state index in [1.54, 1.807) is 12.1 Å². The van der Waals surface area contributed by atoms with Crippen molar-refractivity contribution >= 4 is 15.9 Å². The summed E-state index contributed by atoms with van der Waals surface area (Å²) in [6.45, 7) is 0. The predicted molar refractivity (Wildman–Crippen MR) is 68.3 cm³/mol. The summed E-state index contributed by atoms with van der Waals surface area (Å²) >= 11 is 3.42. The van der Waals surface area contributed by atoms with Gasteiger partial charge in [-0.1, -0.05) is 40.2 Å². The maximum Gasteiger partial charge on any atom is 0.115 e. The number of nitrogens with two attached hydrogens (primary N) is 1. The third-order valence-corrected chi connectivity index (χ3v) is 2.95. The minimum atomic E-state index is -0.168. The van der Waals surface area contributed by atoms with Crippen LogP contribution in [0.1, 0.15) is 17.2 Å². The first-order valence-electron chi connectivity index (χ1n) is 4.97. The van der Waals surface area contributed by atoms with Crippen molar-refractivity contribution in [2.24, 2.45) is 5.73 Å². The van der Waals surface area contributed by atoms with Gasteiger partial charge >= 0.3 is 0 Å². The molecule has 0 unspecified atom stereocenters. The predicted octanol–water partition coefficient (Wildman–Crippen LogP) is 3.20. The zero-order valence-electron chi connectivity index (χ0n) is 8.60. The summed E-state index contributed by atoms with van der Waals surface area (Å²) in [5.41, 5.74) is 8.16. The number of benzene rings is 2. The fraction of sp³-hybridized carbons (Fsp3) is 0.0769. The quantitative estimate of drug-likeness (QED) is 0.886. The molecule has 82 valence electrons. The zero-order chi connectivity index (χ0) is 11.5. The van der Waals surface area contributed by atoms with Gasteiger partial charge < -0.3 is 10.8 Å². The van der Waals surface area contributed by atoms with Crippen LogP contribution >= 0.6 is 15.9 Å². The SMILES string of the molecule is N[C@@H](c1ccc(O)cc1)c1cccc(Br)c1. The third kappa shape index (κ3) is 2.43. The number of rotatable bonds is 2. The Morgan fingerprint density at radius 3 is 2.31 bits per heavy atom. The van der Waals surface area contributed by atoms with Crippen molar-refractivity contribution in [1.29, 1.82) is 0 Å². The van der Waals surface area contributed by atoms with Crippen LogP contribution in [0, 0.1) is 0 Å². The average molecular weight is 278 g/mol. The van der Waals surface area contributed by atoms with E-state index in [1.165, 1.54) is 0 Å². The molecule has 0 aromatic heterocycles. The molecule has 16 heavy (non-hydrogen) atoms. The highest BCUT2D eigenvalue weighted by atomic mass is 79.9. The number of phenols is 1. The first-order chi connectivity index (χ1) is 7.66. The van der Waals surface area contributed by atoms with Gasteiger partial charge in [0.1, 0.15) is 5.75 Å². The van der Waals surface area contributed by atoms with Crippen LogP contribution in [0.3, 0.4) is 0 Å². The van der Waals surface area contributed by atoms with Crippen molar-refractivity contribution in [3.05, 3.63) is 64.1 Å². The Hall–Kier alpha value is -1.32. The third-order valence-electron chi connectivity index (χ3n) is 2.46. The lowest BCUT2D eigenvalue weighted by atomic mass is 10.00. The largest absolute Gasteiger partial charge is 0.508 e. The van der Waals surface area contributed by atoms with Gasteiger partial charge in [0.25, 0.3) is 0 Å². The van der Waals surface area contributed by atoms with Crippen LogP contribution < -0.4 is 5.73 Å². The van der Waals surface area contributed by atoms with E-state index >= 15 is 0 Å². The van der Waals surface area contributed by atoms with Crippen LogP contribution in [0.2, 0.25) is 0 Å². The Balaban J connectivity index is 2.31. The molecule has 0 bridgehead atoms. The van der Waals surface area contributed by atoms with Crippen molar-refractivity contribution in [3.63, 3.8) is 0 Å². The minimum absolute atomic E-state index is 0.168. The van der Waals surface area contributed by atoms with Crippen molar-refractivity contribution in [1.82, 2.24) is 0 Å². The van der Waals surface area contributed by atoms with Crippen LogP contribution in [-0.4, -0.2) is 5.11 Å². The molecule has 2 nitrogen and oxygen atoms in total. The standard InChI is InChI=1S/C13H12BrNO/c14-11-3-1-2-10(8-11)13(15)9-4-6-12(16)7-5-9/h1-8,13,16H,15H2/t13-/m0/s1. The van der Waals surface area contributed by atoms with Crippen LogP contribution in [0.5, 0.6) is 5.75 Å². The van der Waals surface area contributed by atoms with E-state index in [-0.39, 0.29) is 11.8 Å². The first-order valence-corrected chi connectivity index (χ1v) is 5.76. The molecule has 2 aromatic rings. The molecular weight excluding hydrogens is 266 g/mol. The molecule has 3 N–H and O–H groups in total. The van der Waals surface area contributed by atoms with Gasteiger partial charge in [0, 0.05) is 4.47 Å². The smallest absolute Gasteiger partial charge is 0.115 e. The van der Waals surface area contributed by atoms with Crippen molar-refractivity contribution in [2.75, 3.05) is 0 Å². The van der Waals surface area contributed by atoms with E-state index in [0.29, 0.717) is 0 Å². The highest BCUT2D eigenvalue weighted by Gasteiger charge is 2.08. The molecule has 0 spiro atoms. The van der Waals surface area contributed by atoms with Gasteiger partial charge in [0.2, 0.25) is 0 Å². The van der Waals surface area contributed by atoms with E-state index in [0.717, 1.165) is 15.6 Å². The maximum atomic E-state index is 9.20. The lowest BCUT2D eigenvalue weighted by Crippen LogP contribution is -2.11. The molecule has 0 amide bonds. The second kappa shape index (κ2) is 4.68. The second-order valence-electron chi connectivity index (χ2n) is 3.62. The lowest BCUT2D eigenvalue weighted by Gasteiger charge is -2.12. The molecule has 0 heterocycles. The summed E-state index contributed by atoms with van der Waals surface area (Å²) in [7, 11) is 0. The molecule has 1 atom stereocenters. The summed E-state index contributed by atoms with van der Waals surface area (Å²) < 4.78 is 1.01.